The van der Waals surface area contributed by atoms with E-state index in [2.05, 4.69) is 68.2 Å². The number of ether oxygens (including phenoxy) is 1. The molecule has 134 valence electrons. The van der Waals surface area contributed by atoms with Gasteiger partial charge in [0.05, 0.1) is 0 Å². The minimum atomic E-state index is 0.840. The zero-order valence-corrected chi connectivity index (χ0v) is 15.9. The Morgan fingerprint density at radius 1 is 1.08 bits per heavy atom. The van der Waals surface area contributed by atoms with Gasteiger partial charge in [0.1, 0.15) is 0 Å². The molecule has 0 aliphatic carbocycles. The Bertz CT molecular complexity index is 690. The van der Waals surface area contributed by atoms with Crippen LogP contribution < -0.4 is 5.32 Å². The van der Waals surface area contributed by atoms with E-state index in [0.717, 1.165) is 43.7 Å². The number of hydrogen-bond acceptors (Lipinski definition) is 2. The summed E-state index contributed by atoms with van der Waals surface area (Å²) in [7, 11) is 1.95. The van der Waals surface area contributed by atoms with E-state index < -0.39 is 0 Å². The number of unbranched alkanes of at least 4 members (excludes halogenated alkanes) is 1. The standard InChI is InChI=1S/C23H31NO/c1-5-6-14-25-15-8-10-20-9-7-11-21(17-20)19(3)22-16-18(2)12-13-23(22)24-4/h7,9,11-13,16-17,24H,3,5-6,8,10,14-15H2,1-2,4H3. The highest BCUT2D eigenvalue weighted by Crippen LogP contribution is 2.29. The van der Waals surface area contributed by atoms with E-state index >= 15 is 0 Å². The third kappa shape index (κ3) is 5.75. The molecular weight excluding hydrogens is 306 g/mol. The van der Waals surface area contributed by atoms with Crippen LogP contribution in [-0.4, -0.2) is 20.3 Å². The lowest BCUT2D eigenvalue weighted by Crippen LogP contribution is -1.99. The van der Waals surface area contributed by atoms with E-state index in [4.69, 9.17) is 4.74 Å². The molecule has 2 aromatic rings. The highest BCUT2D eigenvalue weighted by atomic mass is 16.5. The molecule has 1 N–H and O–H groups in total. The maximum atomic E-state index is 5.66. The molecule has 0 aromatic heterocycles. The van der Waals surface area contributed by atoms with Crippen molar-refractivity contribution in [3.8, 4) is 0 Å². The second kappa shape index (κ2) is 10.0. The van der Waals surface area contributed by atoms with Crippen molar-refractivity contribution < 1.29 is 4.74 Å². The molecule has 2 nitrogen and oxygen atoms in total. The number of anilines is 1. The van der Waals surface area contributed by atoms with Crippen molar-refractivity contribution in [2.24, 2.45) is 0 Å². The topological polar surface area (TPSA) is 21.3 Å². The van der Waals surface area contributed by atoms with Gasteiger partial charge >= 0.3 is 0 Å². The van der Waals surface area contributed by atoms with Crippen molar-refractivity contribution in [2.45, 2.75) is 39.5 Å². The molecule has 0 bridgehead atoms. The average molecular weight is 338 g/mol. The van der Waals surface area contributed by atoms with Gasteiger partial charge in [-0.1, -0.05) is 55.8 Å². The highest BCUT2D eigenvalue weighted by Gasteiger charge is 2.08. The molecule has 0 fully saturated rings. The van der Waals surface area contributed by atoms with Gasteiger partial charge in [-0.15, -0.1) is 0 Å². The van der Waals surface area contributed by atoms with Crippen molar-refractivity contribution in [3.05, 3.63) is 71.3 Å². The second-order valence-electron chi connectivity index (χ2n) is 6.55. The van der Waals surface area contributed by atoms with Crippen LogP contribution in [0.15, 0.2) is 49.0 Å². The summed E-state index contributed by atoms with van der Waals surface area (Å²) in [5, 5.41) is 3.27. The maximum absolute atomic E-state index is 5.66. The molecule has 2 heteroatoms. The normalized spacial score (nSPS) is 10.7. The molecule has 2 rings (SSSR count). The number of aryl methyl sites for hydroxylation is 2. The van der Waals surface area contributed by atoms with Gasteiger partial charge in [-0.2, -0.15) is 0 Å². The Kier molecular flexibility index (Phi) is 7.75. The quantitative estimate of drug-likeness (QED) is 0.549. The van der Waals surface area contributed by atoms with Crippen LogP contribution in [0.25, 0.3) is 5.57 Å². The number of hydrogen-bond donors (Lipinski definition) is 1. The Morgan fingerprint density at radius 2 is 1.88 bits per heavy atom. The molecule has 0 heterocycles. The molecule has 0 amide bonds. The molecule has 0 radical (unpaired) electrons. The van der Waals surface area contributed by atoms with Crippen molar-refractivity contribution in [1.82, 2.24) is 0 Å². The zero-order valence-electron chi connectivity index (χ0n) is 15.9. The first kappa shape index (κ1) is 19.3. The average Bonchev–Trinajstić information content (AvgIpc) is 2.64. The lowest BCUT2D eigenvalue weighted by molar-refractivity contribution is 0.129. The molecule has 2 aromatic carbocycles. The van der Waals surface area contributed by atoms with Gasteiger partial charge in [-0.05, 0) is 55.0 Å². The minimum Gasteiger partial charge on any atom is -0.388 e. The van der Waals surface area contributed by atoms with Crippen molar-refractivity contribution in [3.63, 3.8) is 0 Å². The van der Waals surface area contributed by atoms with E-state index in [0.29, 0.717) is 0 Å². The van der Waals surface area contributed by atoms with Crippen LogP contribution in [0.1, 0.15) is 48.4 Å². The van der Waals surface area contributed by atoms with Gasteiger partial charge in [0, 0.05) is 31.5 Å². The molecular formula is C23H31NO. The molecule has 25 heavy (non-hydrogen) atoms. The lowest BCUT2D eigenvalue weighted by atomic mass is 9.94. The zero-order chi connectivity index (χ0) is 18.1. The highest BCUT2D eigenvalue weighted by molar-refractivity contribution is 5.85. The fourth-order valence-electron chi connectivity index (χ4n) is 2.92. The second-order valence-corrected chi connectivity index (χ2v) is 6.55. The lowest BCUT2D eigenvalue weighted by Gasteiger charge is -2.14. The maximum Gasteiger partial charge on any atom is 0.0469 e. The summed E-state index contributed by atoms with van der Waals surface area (Å²) in [6, 6.07) is 15.2. The third-order valence-electron chi connectivity index (χ3n) is 4.44. The molecule has 0 unspecified atom stereocenters. The first-order valence-corrected chi connectivity index (χ1v) is 9.30. The van der Waals surface area contributed by atoms with Gasteiger partial charge in [0.2, 0.25) is 0 Å². The Hall–Kier alpha value is -2.06. The van der Waals surface area contributed by atoms with Crippen LogP contribution in [0.3, 0.4) is 0 Å². The van der Waals surface area contributed by atoms with Gasteiger partial charge in [-0.25, -0.2) is 0 Å². The van der Waals surface area contributed by atoms with Crippen LogP contribution in [0.2, 0.25) is 0 Å². The third-order valence-corrected chi connectivity index (χ3v) is 4.44. The monoisotopic (exact) mass is 337 g/mol. The largest absolute Gasteiger partial charge is 0.388 e. The van der Waals surface area contributed by atoms with Crippen LogP contribution in [0.4, 0.5) is 5.69 Å². The molecule has 0 aliphatic heterocycles. The Labute approximate surface area is 152 Å². The van der Waals surface area contributed by atoms with Gasteiger partial charge in [-0.3, -0.25) is 0 Å². The molecule has 0 atom stereocenters. The smallest absolute Gasteiger partial charge is 0.0469 e. The summed E-state index contributed by atoms with van der Waals surface area (Å²) in [6.07, 6.45) is 4.45. The Balaban J connectivity index is 2.03. The van der Waals surface area contributed by atoms with Crippen molar-refractivity contribution in [1.29, 1.82) is 0 Å². The first-order valence-electron chi connectivity index (χ1n) is 9.30. The molecule has 0 spiro atoms. The predicted molar refractivity (Wildman–Crippen MR) is 109 cm³/mol. The van der Waals surface area contributed by atoms with E-state index in [1.165, 1.54) is 28.7 Å². The predicted octanol–water partition coefficient (Wildman–Crippen LogP) is 5.85. The number of benzene rings is 2. The van der Waals surface area contributed by atoms with E-state index in [1.807, 2.05) is 7.05 Å². The van der Waals surface area contributed by atoms with Crippen molar-refractivity contribution in [2.75, 3.05) is 25.6 Å². The SMILES string of the molecule is C=C(c1cccc(CCCOCCCC)c1)c1cc(C)ccc1NC. The van der Waals surface area contributed by atoms with Gasteiger partial charge < -0.3 is 10.1 Å². The number of rotatable bonds is 10. The van der Waals surface area contributed by atoms with Crippen molar-refractivity contribution >= 4 is 11.3 Å². The summed E-state index contributed by atoms with van der Waals surface area (Å²) in [6.45, 7) is 10.4. The summed E-state index contributed by atoms with van der Waals surface area (Å²) < 4.78 is 5.66. The van der Waals surface area contributed by atoms with Crippen LogP contribution in [0.5, 0.6) is 0 Å². The van der Waals surface area contributed by atoms with E-state index in [9.17, 15) is 0 Å². The van der Waals surface area contributed by atoms with E-state index in [-0.39, 0.29) is 0 Å². The fourth-order valence-corrected chi connectivity index (χ4v) is 2.92. The summed E-state index contributed by atoms with van der Waals surface area (Å²) in [4.78, 5) is 0. The minimum absolute atomic E-state index is 0.840. The fraction of sp³-hybridized carbons (Fsp3) is 0.391. The number of nitrogens with one attached hydrogen (secondary N) is 1. The molecule has 0 aliphatic rings. The molecule has 0 saturated heterocycles. The van der Waals surface area contributed by atoms with Gasteiger partial charge in [0.25, 0.3) is 0 Å². The van der Waals surface area contributed by atoms with Crippen LogP contribution in [-0.2, 0) is 11.2 Å². The van der Waals surface area contributed by atoms with Crippen LogP contribution >= 0.6 is 0 Å². The van der Waals surface area contributed by atoms with Gasteiger partial charge in [0.15, 0.2) is 0 Å². The molecule has 0 saturated carbocycles. The summed E-state index contributed by atoms with van der Waals surface area (Å²) in [5.41, 5.74) is 7.13. The van der Waals surface area contributed by atoms with Crippen LogP contribution in [0, 0.1) is 6.92 Å². The summed E-state index contributed by atoms with van der Waals surface area (Å²) >= 11 is 0. The van der Waals surface area contributed by atoms with E-state index in [1.54, 1.807) is 0 Å². The summed E-state index contributed by atoms with van der Waals surface area (Å²) in [5.74, 6) is 0. The first-order chi connectivity index (χ1) is 12.2. The Morgan fingerprint density at radius 3 is 2.64 bits per heavy atom.